The fraction of sp³-hybridized carbons (Fsp3) is 0.500. The first kappa shape index (κ1) is 12.8. The largest absolute Gasteiger partial charge is 0.299 e. The van der Waals surface area contributed by atoms with Gasteiger partial charge in [0.05, 0.1) is 0 Å². The van der Waals surface area contributed by atoms with Crippen molar-refractivity contribution in [3.63, 3.8) is 0 Å². The van der Waals surface area contributed by atoms with E-state index in [0.29, 0.717) is 0 Å². The third kappa shape index (κ3) is 5.38. The van der Waals surface area contributed by atoms with Gasteiger partial charge in [-0.25, -0.2) is 0 Å². The number of hydrogen-bond acceptors (Lipinski definition) is 1. The Bertz CT molecular complexity index is 253. The van der Waals surface area contributed by atoms with Gasteiger partial charge in [-0.05, 0) is 12.1 Å². The summed E-state index contributed by atoms with van der Waals surface area (Å²) in [5.41, 5.74) is 1.40. The lowest BCUT2D eigenvalue weighted by Gasteiger charge is -2.20. The molecule has 0 bridgehead atoms. The first-order chi connectivity index (χ1) is 7.36. The van der Waals surface area contributed by atoms with Crippen LogP contribution in [0.4, 0.5) is 0 Å². The maximum absolute atomic E-state index is 3.50. The van der Waals surface area contributed by atoms with E-state index in [0.717, 1.165) is 25.0 Å². The van der Waals surface area contributed by atoms with Gasteiger partial charge in [0, 0.05) is 18.4 Å². The highest BCUT2D eigenvalue weighted by molar-refractivity contribution is 9.09. The van der Waals surface area contributed by atoms with Crippen LogP contribution in [0.15, 0.2) is 30.3 Å². The Balaban J connectivity index is 2.43. The smallest absolute Gasteiger partial charge is 0.107 e. The zero-order valence-corrected chi connectivity index (χ0v) is 10.9. The van der Waals surface area contributed by atoms with E-state index in [1.54, 1.807) is 0 Å². The van der Waals surface area contributed by atoms with Gasteiger partial charge in [0.25, 0.3) is 0 Å². The molecule has 0 heterocycles. The second-order valence-electron chi connectivity index (χ2n) is 3.65. The lowest BCUT2D eigenvalue weighted by atomic mass is 9.78. The van der Waals surface area contributed by atoms with Crippen LogP contribution in [0.3, 0.4) is 0 Å². The molecule has 1 radical (unpaired) electrons. The Kier molecular flexibility index (Phi) is 6.78. The van der Waals surface area contributed by atoms with E-state index in [2.05, 4.69) is 65.3 Å². The summed E-state index contributed by atoms with van der Waals surface area (Å²) in [6, 6.07) is 10.7. The van der Waals surface area contributed by atoms with Crippen molar-refractivity contribution in [1.82, 2.24) is 4.90 Å². The predicted octanol–water partition coefficient (Wildman–Crippen LogP) is 3.05. The second kappa shape index (κ2) is 7.94. The Labute approximate surface area is 102 Å². The molecule has 1 rings (SSSR count). The first-order valence-corrected chi connectivity index (χ1v) is 6.59. The van der Waals surface area contributed by atoms with E-state index < -0.39 is 0 Å². The third-order valence-electron chi connectivity index (χ3n) is 2.38. The van der Waals surface area contributed by atoms with Crippen molar-refractivity contribution in [3.05, 3.63) is 35.9 Å². The topological polar surface area (TPSA) is 3.24 Å². The van der Waals surface area contributed by atoms with E-state index >= 15 is 0 Å². The molecule has 15 heavy (non-hydrogen) atoms. The number of rotatable bonds is 7. The Morgan fingerprint density at radius 2 is 1.93 bits per heavy atom. The van der Waals surface area contributed by atoms with E-state index in [-0.39, 0.29) is 0 Å². The van der Waals surface area contributed by atoms with Crippen LogP contribution >= 0.6 is 15.9 Å². The van der Waals surface area contributed by atoms with Crippen molar-refractivity contribution in [3.8, 4) is 0 Å². The summed E-state index contributed by atoms with van der Waals surface area (Å²) >= 11 is 3.50. The Morgan fingerprint density at radius 3 is 2.53 bits per heavy atom. The summed E-state index contributed by atoms with van der Waals surface area (Å²) < 4.78 is 0. The van der Waals surface area contributed by atoms with Crippen LogP contribution in [-0.4, -0.2) is 30.6 Å². The molecule has 0 aliphatic carbocycles. The molecule has 3 heteroatoms. The van der Waals surface area contributed by atoms with Gasteiger partial charge in [0.2, 0.25) is 0 Å². The van der Waals surface area contributed by atoms with Crippen LogP contribution in [0.25, 0.3) is 0 Å². The highest BCUT2D eigenvalue weighted by Gasteiger charge is 2.03. The van der Waals surface area contributed by atoms with Crippen molar-refractivity contribution in [2.24, 2.45) is 0 Å². The maximum atomic E-state index is 3.50. The van der Waals surface area contributed by atoms with Crippen molar-refractivity contribution >= 4 is 23.2 Å². The highest BCUT2D eigenvalue weighted by Crippen LogP contribution is 2.05. The van der Waals surface area contributed by atoms with Crippen LogP contribution in [0.5, 0.6) is 0 Å². The lowest BCUT2D eigenvalue weighted by Crippen LogP contribution is -2.26. The average molecular weight is 267 g/mol. The minimum atomic E-state index is 1.05. The molecule has 0 aromatic heterocycles. The summed E-state index contributed by atoms with van der Waals surface area (Å²) in [5.74, 6) is 0. The SMILES string of the molecule is C[B]CCN(CCBr)Cc1ccccc1. The quantitative estimate of drug-likeness (QED) is 0.542. The average Bonchev–Trinajstić information content (AvgIpc) is 2.28. The van der Waals surface area contributed by atoms with Crippen LogP contribution in [0.1, 0.15) is 5.56 Å². The predicted molar refractivity (Wildman–Crippen MR) is 71.9 cm³/mol. The first-order valence-electron chi connectivity index (χ1n) is 5.47. The zero-order valence-electron chi connectivity index (χ0n) is 9.32. The Morgan fingerprint density at radius 1 is 1.20 bits per heavy atom. The maximum Gasteiger partial charge on any atom is 0.107 e. The van der Waals surface area contributed by atoms with Gasteiger partial charge in [0.15, 0.2) is 0 Å². The molecule has 0 N–H and O–H groups in total. The standard InChI is InChI=1S/C12H18BBrN/c1-13-7-9-15(10-8-14)11-12-5-3-2-4-6-12/h2-6H,7-11H2,1H3. The third-order valence-corrected chi connectivity index (χ3v) is 2.74. The van der Waals surface area contributed by atoms with Gasteiger partial charge in [0.1, 0.15) is 7.28 Å². The zero-order chi connectivity index (χ0) is 10.9. The lowest BCUT2D eigenvalue weighted by molar-refractivity contribution is 0.299. The van der Waals surface area contributed by atoms with Gasteiger partial charge in [-0.3, -0.25) is 4.90 Å². The number of halogens is 1. The number of nitrogens with zero attached hydrogens (tertiary/aromatic N) is 1. The van der Waals surface area contributed by atoms with Crippen molar-refractivity contribution in [2.75, 3.05) is 18.4 Å². The summed E-state index contributed by atoms with van der Waals surface area (Å²) in [6.45, 7) is 5.44. The van der Waals surface area contributed by atoms with E-state index in [1.807, 2.05) is 0 Å². The molecule has 0 amide bonds. The summed E-state index contributed by atoms with van der Waals surface area (Å²) in [6.07, 6.45) is 1.17. The second-order valence-corrected chi connectivity index (χ2v) is 4.44. The van der Waals surface area contributed by atoms with Gasteiger partial charge in [-0.15, -0.1) is 0 Å². The molecule has 81 valence electrons. The molecule has 0 saturated heterocycles. The van der Waals surface area contributed by atoms with E-state index in [4.69, 9.17) is 0 Å². The van der Waals surface area contributed by atoms with Crippen LogP contribution in [0, 0.1) is 0 Å². The minimum absolute atomic E-state index is 1.05. The fourth-order valence-electron chi connectivity index (χ4n) is 1.54. The monoisotopic (exact) mass is 266 g/mol. The number of benzene rings is 1. The van der Waals surface area contributed by atoms with E-state index in [1.165, 1.54) is 11.9 Å². The molecule has 0 saturated carbocycles. The molecule has 1 aromatic rings. The fourth-order valence-corrected chi connectivity index (χ4v) is 2.04. The molecule has 0 unspecified atom stereocenters. The summed E-state index contributed by atoms with van der Waals surface area (Å²) in [4.78, 5) is 2.48. The number of alkyl halides is 1. The van der Waals surface area contributed by atoms with Crippen molar-refractivity contribution < 1.29 is 0 Å². The highest BCUT2D eigenvalue weighted by atomic mass is 79.9. The van der Waals surface area contributed by atoms with Gasteiger partial charge in [-0.1, -0.05) is 59.4 Å². The van der Waals surface area contributed by atoms with Gasteiger partial charge >= 0.3 is 0 Å². The van der Waals surface area contributed by atoms with Crippen molar-refractivity contribution in [1.29, 1.82) is 0 Å². The molecule has 1 aromatic carbocycles. The summed E-state index contributed by atoms with van der Waals surface area (Å²) in [5, 5.41) is 1.05. The molecule has 0 aliphatic heterocycles. The minimum Gasteiger partial charge on any atom is -0.299 e. The molecule has 1 nitrogen and oxygen atoms in total. The molecule has 0 fully saturated rings. The molecule has 0 aliphatic rings. The van der Waals surface area contributed by atoms with Crippen LogP contribution < -0.4 is 0 Å². The molecule has 0 atom stereocenters. The van der Waals surface area contributed by atoms with Gasteiger partial charge < -0.3 is 0 Å². The van der Waals surface area contributed by atoms with Gasteiger partial charge in [-0.2, -0.15) is 0 Å². The normalized spacial score (nSPS) is 10.6. The van der Waals surface area contributed by atoms with Crippen molar-refractivity contribution in [2.45, 2.75) is 19.7 Å². The molecular formula is C12H18BBrN. The number of hydrogen-bond donors (Lipinski definition) is 0. The summed E-state index contributed by atoms with van der Waals surface area (Å²) in [7, 11) is 2.23. The molecule has 0 spiro atoms. The Hall–Kier alpha value is -0.275. The van der Waals surface area contributed by atoms with E-state index in [9.17, 15) is 0 Å². The van der Waals surface area contributed by atoms with Crippen LogP contribution in [0.2, 0.25) is 13.1 Å². The molecular weight excluding hydrogens is 249 g/mol. The van der Waals surface area contributed by atoms with Crippen LogP contribution in [-0.2, 0) is 6.54 Å².